The lowest BCUT2D eigenvalue weighted by Gasteiger charge is -2.28. The van der Waals surface area contributed by atoms with Crippen molar-refractivity contribution in [2.75, 3.05) is 18.1 Å². The molecule has 3 unspecified atom stereocenters. The molecule has 0 radical (unpaired) electrons. The number of primary amides is 1. The maximum absolute atomic E-state index is 14.7. The van der Waals surface area contributed by atoms with Crippen molar-refractivity contribution in [3.63, 3.8) is 0 Å². The molecule has 10 atom stereocenters. The lowest BCUT2D eigenvalue weighted by molar-refractivity contribution is -0.137. The summed E-state index contributed by atoms with van der Waals surface area (Å²) >= 11 is 0.894. The number of aliphatic hydroxyl groups is 2. The first-order valence-corrected chi connectivity index (χ1v) is 24.5. The highest BCUT2D eigenvalue weighted by atomic mass is 32.2. The highest BCUT2D eigenvalue weighted by Crippen LogP contribution is 2.20. The van der Waals surface area contributed by atoms with Gasteiger partial charge in [0, 0.05) is 41.4 Å². The molecule has 16 N–H and O–H groups in total. The molecule has 3 aromatic carbocycles. The number of carbonyl (C=O) groups is 8. The third-order valence-electron chi connectivity index (χ3n) is 11.8. The van der Waals surface area contributed by atoms with Gasteiger partial charge in [-0.15, -0.1) is 0 Å². The minimum atomic E-state index is -1.73. The van der Waals surface area contributed by atoms with Gasteiger partial charge in [0.15, 0.2) is 0 Å². The van der Waals surface area contributed by atoms with Crippen LogP contribution in [-0.2, 0) is 57.6 Å². The second kappa shape index (κ2) is 26.9. The summed E-state index contributed by atoms with van der Waals surface area (Å²) in [7, 11) is 0. The number of aromatic amines is 1. The predicted molar refractivity (Wildman–Crippen MR) is 267 cm³/mol. The number of aliphatic hydroxyl groups excluding tert-OH is 2. The van der Waals surface area contributed by atoms with Gasteiger partial charge in [-0.2, -0.15) is 11.8 Å². The van der Waals surface area contributed by atoms with Crippen LogP contribution >= 0.6 is 11.8 Å². The van der Waals surface area contributed by atoms with Crippen molar-refractivity contribution in [3.8, 4) is 0 Å². The number of nitrogens with one attached hydrogen (secondary N) is 8. The summed E-state index contributed by atoms with van der Waals surface area (Å²) in [6.07, 6.45) is -0.629. The number of hydrogen-bond acceptors (Lipinski definition) is 13. The molecule has 22 heteroatoms. The van der Waals surface area contributed by atoms with E-state index in [-0.39, 0.29) is 43.7 Å². The van der Waals surface area contributed by atoms with Crippen LogP contribution in [0.4, 0.5) is 0 Å². The zero-order valence-corrected chi connectivity index (χ0v) is 40.4. The van der Waals surface area contributed by atoms with E-state index in [0.717, 1.165) is 28.2 Å². The molecule has 1 aliphatic rings. The summed E-state index contributed by atoms with van der Waals surface area (Å²) in [6.45, 7) is 2.68. The number of nitrogens with two attached hydrogens (primary N) is 3. The predicted octanol–water partition coefficient (Wildman–Crippen LogP) is -1.96. The van der Waals surface area contributed by atoms with Crippen LogP contribution in [0.3, 0.4) is 0 Å². The lowest BCUT2D eigenvalue weighted by atomic mass is 10.0. The van der Waals surface area contributed by atoms with Crippen LogP contribution in [0.15, 0.2) is 91.1 Å². The van der Waals surface area contributed by atoms with Crippen molar-refractivity contribution in [3.05, 3.63) is 108 Å². The number of aromatic nitrogens is 1. The van der Waals surface area contributed by atoms with Crippen molar-refractivity contribution < 1.29 is 48.6 Å². The number of rotatable bonds is 17. The number of H-pyrrole nitrogens is 1. The Kier molecular flexibility index (Phi) is 20.9. The number of carbonyl (C=O) groups excluding carboxylic acids is 8. The molecule has 8 amide bonds. The summed E-state index contributed by atoms with van der Waals surface area (Å²) in [5.74, 6) is -7.87. The summed E-state index contributed by atoms with van der Waals surface area (Å²) in [5.41, 5.74) is 20.4. The van der Waals surface area contributed by atoms with Crippen LogP contribution in [0, 0.1) is 0 Å². The third kappa shape index (κ3) is 16.4. The maximum atomic E-state index is 14.7. The number of hydrogen-bond donors (Lipinski definition) is 13. The van der Waals surface area contributed by atoms with Gasteiger partial charge in [0.2, 0.25) is 47.3 Å². The Labute approximate surface area is 415 Å². The topological polar surface area (TPSA) is 355 Å². The molecular weight excluding hydrogens is 935 g/mol. The van der Waals surface area contributed by atoms with Gasteiger partial charge >= 0.3 is 0 Å². The zero-order valence-electron chi connectivity index (χ0n) is 39.6. The van der Waals surface area contributed by atoms with E-state index in [2.05, 4.69) is 42.2 Å². The van der Waals surface area contributed by atoms with E-state index in [1.165, 1.54) is 13.8 Å². The second-order valence-electron chi connectivity index (χ2n) is 17.5. The first-order chi connectivity index (χ1) is 33.9. The Morgan fingerprint density at radius 1 is 0.718 bits per heavy atom. The van der Waals surface area contributed by atoms with Gasteiger partial charge in [-0.05, 0) is 68.8 Å². The maximum Gasteiger partial charge on any atom is 0.245 e. The average Bonchev–Trinajstić information content (AvgIpc) is 3.75. The monoisotopic (exact) mass is 999 g/mol. The van der Waals surface area contributed by atoms with Gasteiger partial charge in [0.1, 0.15) is 42.3 Å². The van der Waals surface area contributed by atoms with Crippen LogP contribution in [-0.4, -0.2) is 141 Å². The summed E-state index contributed by atoms with van der Waals surface area (Å²) in [6, 6.07) is 13.4. The molecule has 0 bridgehead atoms. The smallest absolute Gasteiger partial charge is 0.245 e. The quantitative estimate of drug-likeness (QED) is 0.0512. The van der Waals surface area contributed by atoms with Crippen LogP contribution in [0.1, 0.15) is 49.8 Å². The van der Waals surface area contributed by atoms with Crippen molar-refractivity contribution in [1.29, 1.82) is 0 Å². The van der Waals surface area contributed by atoms with Crippen LogP contribution in [0.2, 0.25) is 0 Å². The molecule has 382 valence electrons. The largest absolute Gasteiger partial charge is 0.391 e. The summed E-state index contributed by atoms with van der Waals surface area (Å²) < 4.78 is 0. The van der Waals surface area contributed by atoms with E-state index in [1.807, 2.05) is 24.3 Å². The van der Waals surface area contributed by atoms with Crippen molar-refractivity contribution in [2.45, 2.75) is 113 Å². The minimum absolute atomic E-state index is 0.0149. The van der Waals surface area contributed by atoms with Crippen LogP contribution in [0.5, 0.6) is 0 Å². The van der Waals surface area contributed by atoms with Gasteiger partial charge in [-0.25, -0.2) is 0 Å². The van der Waals surface area contributed by atoms with Crippen LogP contribution < -0.4 is 54.4 Å². The van der Waals surface area contributed by atoms with Crippen molar-refractivity contribution >= 4 is 69.9 Å². The van der Waals surface area contributed by atoms with Crippen molar-refractivity contribution in [2.24, 2.45) is 17.2 Å². The first-order valence-electron chi connectivity index (χ1n) is 23.4. The van der Waals surface area contributed by atoms with Gasteiger partial charge < -0.3 is 69.6 Å². The van der Waals surface area contributed by atoms with Gasteiger partial charge in [-0.3, -0.25) is 38.4 Å². The van der Waals surface area contributed by atoms with E-state index in [1.54, 1.807) is 66.9 Å². The zero-order chi connectivity index (χ0) is 51.6. The molecule has 4 aromatic rings. The fourth-order valence-electron chi connectivity index (χ4n) is 7.88. The summed E-state index contributed by atoms with van der Waals surface area (Å²) in [4.78, 5) is 115. The lowest BCUT2D eigenvalue weighted by Crippen LogP contribution is -2.62. The molecular formula is C49H65N11O10S. The fraction of sp³-hybridized carbons (Fsp3) is 0.429. The SMILES string of the molecule is C[C@@H](O)C1NC(=O)[C@H](CCCCN)NC(=O)[C@@H](Cc2c[nH]c3ccccc23)NC(=O)C(Cc2ccccc2)NC(=O)[C@@H](NC(=O)[C@H](N)Cc2ccccc2)CSCC(C(=O)N[C@H](C(N)=O)[C@@H](C)O)NC1=O. The van der Waals surface area contributed by atoms with E-state index in [4.69, 9.17) is 17.2 Å². The van der Waals surface area contributed by atoms with E-state index < -0.39 is 108 Å². The molecule has 1 fully saturated rings. The number of unbranched alkanes of at least 4 members (excludes halogenated alkanes) is 1. The highest BCUT2D eigenvalue weighted by Gasteiger charge is 2.37. The molecule has 2 heterocycles. The average molecular weight is 1000 g/mol. The molecule has 5 rings (SSSR count). The van der Waals surface area contributed by atoms with Crippen molar-refractivity contribution in [1.82, 2.24) is 42.2 Å². The molecule has 0 saturated carbocycles. The molecule has 0 aliphatic carbocycles. The number of thioether (sulfide) groups is 1. The Bertz CT molecular complexity index is 2460. The number of para-hydroxylation sites is 1. The minimum Gasteiger partial charge on any atom is -0.391 e. The molecule has 1 saturated heterocycles. The Hall–Kier alpha value is -6.85. The fourth-order valence-corrected chi connectivity index (χ4v) is 8.96. The summed E-state index contributed by atoms with van der Waals surface area (Å²) in [5, 5.41) is 40.2. The normalized spacial score (nSPS) is 22.6. The second-order valence-corrected chi connectivity index (χ2v) is 18.6. The molecule has 21 nitrogen and oxygen atoms in total. The molecule has 0 spiro atoms. The Morgan fingerprint density at radius 2 is 1.31 bits per heavy atom. The Morgan fingerprint density at radius 3 is 1.94 bits per heavy atom. The molecule has 1 aromatic heterocycles. The number of amides is 8. The van der Waals surface area contributed by atoms with Gasteiger partial charge in [0.25, 0.3) is 0 Å². The van der Waals surface area contributed by atoms with E-state index >= 15 is 0 Å². The molecule has 1 aliphatic heterocycles. The van der Waals surface area contributed by atoms with E-state index in [0.29, 0.717) is 24.0 Å². The van der Waals surface area contributed by atoms with Crippen LogP contribution in [0.25, 0.3) is 10.9 Å². The van der Waals surface area contributed by atoms with Gasteiger partial charge in [0.05, 0.1) is 18.2 Å². The van der Waals surface area contributed by atoms with Gasteiger partial charge in [-0.1, -0.05) is 78.9 Å². The Balaban J connectivity index is 1.59. The molecule has 71 heavy (non-hydrogen) atoms. The number of fused-ring (bicyclic) bond motifs is 1. The van der Waals surface area contributed by atoms with E-state index in [9.17, 15) is 48.6 Å². The first kappa shape index (κ1) is 55.1. The number of benzene rings is 3. The standard InChI is InChI=1S/C49H65N11O10S/c1-27(61)40(42(52)63)59-48(69)39-26-71-25-38(57-43(64)33(51)21-29-13-5-3-6-14-29)47(68)55-36(22-30-15-7-4-8-16-30)45(66)56-37(23-31-24-53-34-18-10-9-17-32(31)34)46(67)54-35(19-11-12-20-50)44(65)60-41(28(2)62)49(70)58-39/h3-10,13-18,24,27-28,33,35-41,53,61-62H,11-12,19-23,25-26,50-51H2,1-2H3,(H2,52,63)(H,54,67)(H,55,68)(H,56,66)(H,57,64)(H,58,70)(H,59,69)(H,60,65)/t27-,28-,33-,35+,36?,37-,38+,39?,40+,41?/m1/s1. The third-order valence-corrected chi connectivity index (χ3v) is 13.0. The highest BCUT2D eigenvalue weighted by molar-refractivity contribution is 7.99.